The first kappa shape index (κ1) is 20.0. The number of cyclic esters (lactones) is 1. The molecule has 0 radical (unpaired) electrons. The second-order valence-corrected chi connectivity index (χ2v) is 8.29. The van der Waals surface area contributed by atoms with Gasteiger partial charge in [-0.25, -0.2) is 13.2 Å². The van der Waals surface area contributed by atoms with Crippen LogP contribution >= 0.6 is 0 Å². The molecular formula is C20H22N2O5S. The van der Waals surface area contributed by atoms with Gasteiger partial charge < -0.3 is 10.1 Å². The first-order valence-corrected chi connectivity index (χ1v) is 10.5. The molecule has 0 spiro atoms. The number of esters is 1. The molecule has 1 N–H and O–H groups in total. The summed E-state index contributed by atoms with van der Waals surface area (Å²) < 4.78 is 31.9. The van der Waals surface area contributed by atoms with Gasteiger partial charge in [-0.3, -0.25) is 4.79 Å². The number of rotatable bonds is 7. The van der Waals surface area contributed by atoms with Crippen molar-refractivity contribution in [2.75, 3.05) is 18.4 Å². The molecule has 1 atom stereocenters. The van der Waals surface area contributed by atoms with E-state index in [2.05, 4.69) is 5.32 Å². The third-order valence-electron chi connectivity index (χ3n) is 4.61. The van der Waals surface area contributed by atoms with Gasteiger partial charge in [-0.15, -0.1) is 0 Å². The second-order valence-electron chi connectivity index (χ2n) is 6.35. The molecule has 0 bridgehead atoms. The fourth-order valence-corrected chi connectivity index (χ4v) is 4.70. The Morgan fingerprint density at radius 2 is 1.82 bits per heavy atom. The van der Waals surface area contributed by atoms with E-state index in [1.54, 1.807) is 50.2 Å². The number of nitrogens with zero attached hydrogens (tertiary/aromatic N) is 1. The fraction of sp³-hybridized carbons (Fsp3) is 0.300. The van der Waals surface area contributed by atoms with Crippen molar-refractivity contribution in [1.29, 1.82) is 0 Å². The molecular weight excluding hydrogens is 380 g/mol. The maximum Gasteiger partial charge on any atom is 0.339 e. The zero-order valence-corrected chi connectivity index (χ0v) is 16.5. The SMILES string of the molecule is CCN(CC)S(=O)(=O)c1cccc(NC(=O)C[C@@H]2OC(=O)c3ccccc32)c1. The molecule has 2 aromatic carbocycles. The van der Waals surface area contributed by atoms with Crippen LogP contribution in [0.3, 0.4) is 0 Å². The number of anilines is 1. The molecule has 7 nitrogen and oxygen atoms in total. The van der Waals surface area contributed by atoms with Crippen LogP contribution in [0.2, 0.25) is 0 Å². The zero-order chi connectivity index (χ0) is 20.3. The molecule has 1 aliphatic rings. The number of carbonyl (C=O) groups excluding carboxylic acids is 2. The number of carbonyl (C=O) groups is 2. The van der Waals surface area contributed by atoms with Crippen LogP contribution in [0.1, 0.15) is 42.3 Å². The van der Waals surface area contributed by atoms with Gasteiger partial charge in [-0.2, -0.15) is 4.31 Å². The third kappa shape index (κ3) is 3.93. The largest absolute Gasteiger partial charge is 0.453 e. The van der Waals surface area contributed by atoms with E-state index in [-0.39, 0.29) is 17.2 Å². The van der Waals surface area contributed by atoms with Crippen LogP contribution < -0.4 is 5.32 Å². The highest BCUT2D eigenvalue weighted by Crippen LogP contribution is 2.33. The minimum Gasteiger partial charge on any atom is -0.453 e. The van der Waals surface area contributed by atoms with Gasteiger partial charge in [0.25, 0.3) is 0 Å². The van der Waals surface area contributed by atoms with Crippen molar-refractivity contribution in [2.45, 2.75) is 31.3 Å². The summed E-state index contributed by atoms with van der Waals surface area (Å²) in [6.45, 7) is 4.27. The van der Waals surface area contributed by atoms with Crippen LogP contribution in [0.5, 0.6) is 0 Å². The standard InChI is InChI=1S/C20H22N2O5S/c1-3-22(4-2)28(25,26)15-9-7-8-14(12-15)21-19(23)13-18-16-10-5-6-11-17(16)20(24)27-18/h5-12,18H,3-4,13H2,1-2H3,(H,21,23)/t18-/m0/s1. The lowest BCUT2D eigenvalue weighted by atomic mass is 10.0. The van der Waals surface area contributed by atoms with E-state index < -0.39 is 22.1 Å². The van der Waals surface area contributed by atoms with E-state index in [9.17, 15) is 18.0 Å². The van der Waals surface area contributed by atoms with Gasteiger partial charge in [0.05, 0.1) is 16.9 Å². The summed E-state index contributed by atoms with van der Waals surface area (Å²) in [5.74, 6) is -0.812. The summed E-state index contributed by atoms with van der Waals surface area (Å²) in [5, 5.41) is 2.69. The van der Waals surface area contributed by atoms with Crippen molar-refractivity contribution in [2.24, 2.45) is 0 Å². The van der Waals surface area contributed by atoms with Crippen LogP contribution in [-0.4, -0.2) is 37.7 Å². The van der Waals surface area contributed by atoms with Gasteiger partial charge in [0.1, 0.15) is 6.10 Å². The highest BCUT2D eigenvalue weighted by atomic mass is 32.2. The Morgan fingerprint density at radius 1 is 1.11 bits per heavy atom. The molecule has 0 unspecified atom stereocenters. The van der Waals surface area contributed by atoms with Crippen LogP contribution in [0.4, 0.5) is 5.69 Å². The molecule has 0 saturated heterocycles. The number of sulfonamides is 1. The Morgan fingerprint density at radius 3 is 2.54 bits per heavy atom. The Kier molecular flexibility index (Phi) is 5.81. The minimum absolute atomic E-state index is 0.0459. The fourth-order valence-electron chi connectivity index (χ4n) is 3.20. The van der Waals surface area contributed by atoms with Crippen molar-refractivity contribution in [1.82, 2.24) is 4.31 Å². The highest BCUT2D eigenvalue weighted by molar-refractivity contribution is 7.89. The molecule has 1 aliphatic heterocycles. The lowest BCUT2D eigenvalue weighted by Gasteiger charge is -2.19. The lowest BCUT2D eigenvalue weighted by molar-refractivity contribution is -0.118. The number of fused-ring (bicyclic) bond motifs is 1. The van der Waals surface area contributed by atoms with Gasteiger partial charge in [0, 0.05) is 24.3 Å². The molecule has 2 aromatic rings. The van der Waals surface area contributed by atoms with Crippen LogP contribution in [0.15, 0.2) is 53.4 Å². The molecule has 0 aliphatic carbocycles. The molecule has 8 heteroatoms. The predicted molar refractivity (Wildman–Crippen MR) is 104 cm³/mol. The summed E-state index contributed by atoms with van der Waals surface area (Å²) in [4.78, 5) is 24.4. The van der Waals surface area contributed by atoms with E-state index in [0.29, 0.717) is 29.9 Å². The molecule has 1 heterocycles. The Labute approximate surface area is 164 Å². The molecule has 0 fully saturated rings. The number of benzene rings is 2. The second kappa shape index (κ2) is 8.12. The van der Waals surface area contributed by atoms with E-state index >= 15 is 0 Å². The molecule has 3 rings (SSSR count). The summed E-state index contributed by atoms with van der Waals surface area (Å²) in [7, 11) is -3.62. The maximum absolute atomic E-state index is 12.6. The number of hydrogen-bond acceptors (Lipinski definition) is 5. The minimum atomic E-state index is -3.62. The molecule has 148 valence electrons. The number of hydrogen-bond donors (Lipinski definition) is 1. The van der Waals surface area contributed by atoms with Gasteiger partial charge in [-0.05, 0) is 24.3 Å². The lowest BCUT2D eigenvalue weighted by Crippen LogP contribution is -2.30. The summed E-state index contributed by atoms with van der Waals surface area (Å²) in [6, 6.07) is 13.1. The van der Waals surface area contributed by atoms with Crippen LogP contribution in [0.25, 0.3) is 0 Å². The molecule has 0 saturated carbocycles. The van der Waals surface area contributed by atoms with Crippen molar-refractivity contribution in [3.63, 3.8) is 0 Å². The summed E-state index contributed by atoms with van der Waals surface area (Å²) >= 11 is 0. The molecule has 0 aromatic heterocycles. The first-order valence-electron chi connectivity index (χ1n) is 9.06. The summed E-state index contributed by atoms with van der Waals surface area (Å²) in [5.41, 5.74) is 1.52. The van der Waals surface area contributed by atoms with Gasteiger partial charge in [0.15, 0.2) is 0 Å². The normalized spacial score (nSPS) is 16.0. The first-order chi connectivity index (χ1) is 13.4. The molecule has 28 heavy (non-hydrogen) atoms. The topological polar surface area (TPSA) is 92.8 Å². The average Bonchev–Trinajstić information content (AvgIpc) is 2.98. The van der Waals surface area contributed by atoms with Gasteiger partial charge >= 0.3 is 5.97 Å². The monoisotopic (exact) mass is 402 g/mol. The van der Waals surface area contributed by atoms with Crippen LogP contribution in [-0.2, 0) is 19.6 Å². The Bertz CT molecular complexity index is 999. The van der Waals surface area contributed by atoms with Gasteiger partial charge in [0.2, 0.25) is 15.9 Å². The molecule has 1 amide bonds. The number of amides is 1. The van der Waals surface area contributed by atoms with E-state index in [1.807, 2.05) is 0 Å². The van der Waals surface area contributed by atoms with E-state index in [4.69, 9.17) is 4.74 Å². The van der Waals surface area contributed by atoms with E-state index in [0.717, 1.165) is 0 Å². The van der Waals surface area contributed by atoms with Gasteiger partial charge in [-0.1, -0.05) is 38.1 Å². The zero-order valence-electron chi connectivity index (χ0n) is 15.7. The third-order valence-corrected chi connectivity index (χ3v) is 6.65. The van der Waals surface area contributed by atoms with Crippen molar-refractivity contribution >= 4 is 27.6 Å². The highest BCUT2D eigenvalue weighted by Gasteiger charge is 2.32. The number of ether oxygens (including phenoxy) is 1. The van der Waals surface area contributed by atoms with Crippen molar-refractivity contribution in [3.8, 4) is 0 Å². The number of nitrogens with one attached hydrogen (secondary N) is 1. The van der Waals surface area contributed by atoms with Crippen molar-refractivity contribution in [3.05, 3.63) is 59.7 Å². The van der Waals surface area contributed by atoms with E-state index in [1.165, 1.54) is 16.4 Å². The Balaban J connectivity index is 1.73. The Hall–Kier alpha value is -2.71. The van der Waals surface area contributed by atoms with Crippen LogP contribution in [0, 0.1) is 0 Å². The maximum atomic E-state index is 12.6. The van der Waals surface area contributed by atoms with Crippen molar-refractivity contribution < 1.29 is 22.7 Å². The quantitative estimate of drug-likeness (QED) is 0.719. The average molecular weight is 402 g/mol. The summed E-state index contributed by atoms with van der Waals surface area (Å²) in [6.07, 6.45) is -0.693. The predicted octanol–water partition coefficient (Wildman–Crippen LogP) is 2.96. The smallest absolute Gasteiger partial charge is 0.339 e.